The zero-order valence-corrected chi connectivity index (χ0v) is 16.6. The van der Waals surface area contributed by atoms with E-state index in [0.717, 1.165) is 25.0 Å². The highest BCUT2D eigenvalue weighted by Gasteiger charge is 2.31. The first-order valence-electron chi connectivity index (χ1n) is 9.41. The predicted molar refractivity (Wildman–Crippen MR) is 98.3 cm³/mol. The molecule has 0 radical (unpaired) electrons. The van der Waals surface area contributed by atoms with Crippen LogP contribution in [0.25, 0.3) is 0 Å². The van der Waals surface area contributed by atoms with Crippen molar-refractivity contribution < 1.29 is 31.5 Å². The molecule has 1 atom stereocenters. The smallest absolute Gasteiger partial charge is 0.251 e. The predicted octanol–water partition coefficient (Wildman–Crippen LogP) is 0.483. The molecule has 2 saturated heterocycles. The molecule has 1 unspecified atom stereocenters. The van der Waals surface area contributed by atoms with E-state index in [1.807, 2.05) is 0 Å². The number of piperazine rings is 1. The Hall–Kier alpha value is -2.11. The van der Waals surface area contributed by atoms with Crippen molar-refractivity contribution >= 4 is 21.8 Å². The molecule has 2 aliphatic rings. The molecule has 2 amide bonds. The Labute approximate surface area is 167 Å². The second-order valence-corrected chi connectivity index (χ2v) is 8.70. The number of carbonyl (C=O) groups excluding carboxylic acids is 2. The number of halogens is 2. The Balaban J connectivity index is 1.44. The molecule has 0 bridgehead atoms. The Morgan fingerprint density at radius 1 is 1.10 bits per heavy atom. The third-order valence-corrected chi connectivity index (χ3v) is 6.44. The van der Waals surface area contributed by atoms with Crippen LogP contribution >= 0.6 is 0 Å². The quantitative estimate of drug-likeness (QED) is 0.707. The Bertz CT molecular complexity index is 866. The fourth-order valence-electron chi connectivity index (χ4n) is 3.33. The summed E-state index contributed by atoms with van der Waals surface area (Å²) in [6, 6.07) is 2.27. The number of hydrogen-bond acceptors (Lipinski definition) is 5. The van der Waals surface area contributed by atoms with Crippen molar-refractivity contribution in [3.8, 4) is 0 Å². The minimum Gasteiger partial charge on any atom is -0.368 e. The Kier molecular flexibility index (Phi) is 6.81. The number of nitrogens with one attached hydrogen (secondary N) is 1. The molecule has 8 nitrogen and oxygen atoms in total. The molecule has 29 heavy (non-hydrogen) atoms. The lowest BCUT2D eigenvalue weighted by atomic mass is 10.2. The van der Waals surface area contributed by atoms with Gasteiger partial charge in [0.15, 0.2) is 11.6 Å². The maximum atomic E-state index is 13.2. The van der Waals surface area contributed by atoms with Gasteiger partial charge in [0.1, 0.15) is 6.10 Å². The Morgan fingerprint density at radius 2 is 1.79 bits per heavy atom. The number of rotatable bonds is 6. The third-order valence-electron chi connectivity index (χ3n) is 4.98. The lowest BCUT2D eigenvalue weighted by Gasteiger charge is -2.35. The fourth-order valence-corrected chi connectivity index (χ4v) is 4.37. The van der Waals surface area contributed by atoms with Crippen molar-refractivity contribution in [1.29, 1.82) is 0 Å². The molecular weight excluding hydrogens is 408 g/mol. The van der Waals surface area contributed by atoms with Crippen molar-refractivity contribution in [3.63, 3.8) is 0 Å². The largest absolute Gasteiger partial charge is 0.368 e. The zero-order valence-electron chi connectivity index (χ0n) is 15.8. The second-order valence-electron chi connectivity index (χ2n) is 6.93. The molecule has 1 aromatic carbocycles. The number of amides is 2. The van der Waals surface area contributed by atoms with Crippen LogP contribution in [0.15, 0.2) is 23.1 Å². The number of benzene rings is 1. The van der Waals surface area contributed by atoms with Crippen LogP contribution < -0.4 is 4.72 Å². The van der Waals surface area contributed by atoms with Crippen LogP contribution in [0.3, 0.4) is 0 Å². The van der Waals surface area contributed by atoms with Crippen LogP contribution in [0.4, 0.5) is 8.78 Å². The summed E-state index contributed by atoms with van der Waals surface area (Å²) in [5.74, 6) is -2.70. The molecule has 1 aromatic rings. The molecule has 11 heteroatoms. The van der Waals surface area contributed by atoms with Gasteiger partial charge in [0.25, 0.3) is 5.91 Å². The summed E-state index contributed by atoms with van der Waals surface area (Å²) in [6.07, 6.45) is 1.12. The monoisotopic (exact) mass is 431 g/mol. The first kappa shape index (κ1) is 21.6. The number of hydrogen-bond donors (Lipinski definition) is 1. The van der Waals surface area contributed by atoms with E-state index in [-0.39, 0.29) is 30.9 Å². The number of nitrogens with zero attached hydrogens (tertiary/aromatic N) is 2. The van der Waals surface area contributed by atoms with E-state index in [4.69, 9.17) is 4.74 Å². The molecule has 0 aliphatic carbocycles. The van der Waals surface area contributed by atoms with Crippen molar-refractivity contribution in [1.82, 2.24) is 14.5 Å². The molecule has 0 aromatic heterocycles. The molecule has 160 valence electrons. The SMILES string of the molecule is O=C(CCNS(=O)(=O)c1ccc(F)c(F)c1)N1CCN(C(=O)C2CCCO2)CC1. The molecule has 2 heterocycles. The molecule has 0 spiro atoms. The van der Waals surface area contributed by atoms with E-state index in [0.29, 0.717) is 38.9 Å². The van der Waals surface area contributed by atoms with Gasteiger partial charge < -0.3 is 14.5 Å². The van der Waals surface area contributed by atoms with Crippen molar-refractivity contribution in [3.05, 3.63) is 29.8 Å². The van der Waals surface area contributed by atoms with E-state index in [2.05, 4.69) is 4.72 Å². The summed E-state index contributed by atoms with van der Waals surface area (Å²) < 4.78 is 58.0. The van der Waals surface area contributed by atoms with Crippen LogP contribution in [0.1, 0.15) is 19.3 Å². The summed E-state index contributed by atoms with van der Waals surface area (Å²) >= 11 is 0. The van der Waals surface area contributed by atoms with Gasteiger partial charge in [-0.2, -0.15) is 0 Å². The number of ether oxygens (including phenoxy) is 1. The zero-order chi connectivity index (χ0) is 21.0. The number of carbonyl (C=O) groups is 2. The molecule has 1 N–H and O–H groups in total. The number of sulfonamides is 1. The standard InChI is InChI=1S/C18H23F2N3O5S/c19-14-4-3-13(12-15(14)20)29(26,27)21-6-5-17(24)22-7-9-23(10-8-22)18(25)16-2-1-11-28-16/h3-4,12,16,21H,1-2,5-11H2. The van der Waals surface area contributed by atoms with E-state index >= 15 is 0 Å². The maximum Gasteiger partial charge on any atom is 0.251 e. The van der Waals surface area contributed by atoms with Gasteiger partial charge in [-0.1, -0.05) is 0 Å². The second kappa shape index (κ2) is 9.14. The van der Waals surface area contributed by atoms with Gasteiger partial charge in [-0.3, -0.25) is 9.59 Å². The van der Waals surface area contributed by atoms with Crippen LogP contribution in [-0.2, 0) is 24.3 Å². The average Bonchev–Trinajstić information content (AvgIpc) is 3.24. The first-order valence-corrected chi connectivity index (χ1v) is 10.9. The summed E-state index contributed by atoms with van der Waals surface area (Å²) in [4.78, 5) is 27.5. The highest BCUT2D eigenvalue weighted by molar-refractivity contribution is 7.89. The molecule has 2 aliphatic heterocycles. The van der Waals surface area contributed by atoms with Crippen LogP contribution in [0.5, 0.6) is 0 Å². The minimum atomic E-state index is -4.05. The van der Waals surface area contributed by atoms with Crippen LogP contribution in [-0.4, -0.2) is 75.5 Å². The van der Waals surface area contributed by atoms with E-state index in [1.54, 1.807) is 9.80 Å². The Morgan fingerprint density at radius 3 is 2.41 bits per heavy atom. The molecule has 0 saturated carbocycles. The van der Waals surface area contributed by atoms with Gasteiger partial charge in [-0.25, -0.2) is 21.9 Å². The highest BCUT2D eigenvalue weighted by Crippen LogP contribution is 2.16. The highest BCUT2D eigenvalue weighted by atomic mass is 32.2. The summed E-state index contributed by atoms with van der Waals surface area (Å²) in [5.41, 5.74) is 0. The maximum absolute atomic E-state index is 13.2. The summed E-state index contributed by atoms with van der Waals surface area (Å²) in [5, 5.41) is 0. The van der Waals surface area contributed by atoms with Crippen LogP contribution in [0, 0.1) is 11.6 Å². The normalized spacial score (nSPS) is 20.1. The van der Waals surface area contributed by atoms with E-state index < -0.39 is 26.6 Å². The van der Waals surface area contributed by atoms with Crippen LogP contribution in [0.2, 0.25) is 0 Å². The summed E-state index contributed by atoms with van der Waals surface area (Å²) in [6.45, 7) is 1.97. The van der Waals surface area contributed by atoms with Crippen molar-refractivity contribution in [2.75, 3.05) is 39.3 Å². The minimum absolute atomic E-state index is 0.0473. The van der Waals surface area contributed by atoms with Gasteiger partial charge in [-0.05, 0) is 31.0 Å². The average molecular weight is 431 g/mol. The van der Waals surface area contributed by atoms with Gasteiger partial charge in [0, 0.05) is 45.8 Å². The van der Waals surface area contributed by atoms with E-state index in [1.165, 1.54) is 0 Å². The molecular formula is C18H23F2N3O5S. The van der Waals surface area contributed by atoms with Crippen molar-refractivity contribution in [2.24, 2.45) is 0 Å². The molecule has 2 fully saturated rings. The molecule has 3 rings (SSSR count). The van der Waals surface area contributed by atoms with Gasteiger partial charge >= 0.3 is 0 Å². The third kappa shape index (κ3) is 5.28. The first-order chi connectivity index (χ1) is 13.8. The topological polar surface area (TPSA) is 96.0 Å². The van der Waals surface area contributed by atoms with E-state index in [9.17, 15) is 26.8 Å². The lowest BCUT2D eigenvalue weighted by molar-refractivity contribution is -0.145. The van der Waals surface area contributed by atoms with Gasteiger partial charge in [-0.15, -0.1) is 0 Å². The lowest BCUT2D eigenvalue weighted by Crippen LogP contribution is -2.53. The van der Waals surface area contributed by atoms with Crippen molar-refractivity contribution in [2.45, 2.75) is 30.3 Å². The van der Waals surface area contributed by atoms with Gasteiger partial charge in [0.05, 0.1) is 4.90 Å². The summed E-state index contributed by atoms with van der Waals surface area (Å²) in [7, 11) is -4.05. The van der Waals surface area contributed by atoms with Gasteiger partial charge in [0.2, 0.25) is 15.9 Å². The fraction of sp³-hybridized carbons (Fsp3) is 0.556.